The van der Waals surface area contributed by atoms with Crippen LogP contribution < -0.4 is 10.3 Å². The Morgan fingerprint density at radius 2 is 1.81 bits per heavy atom. The number of carbonyl (C=O) groups is 4. The summed E-state index contributed by atoms with van der Waals surface area (Å²) in [5.74, 6) is -2.59. The quantitative estimate of drug-likeness (QED) is 0.598. The number of carbonyl (C=O) groups excluding carboxylic acids is 4. The molecule has 0 aliphatic carbocycles. The minimum Gasteiger partial charge on any atom is -0.464 e. The first-order valence-electron chi connectivity index (χ1n) is 7.41. The second-order valence-corrected chi connectivity index (χ2v) is 6.65. The number of hydrogen-bond donors (Lipinski definition) is 1. The second kappa shape index (κ2) is 6.30. The Labute approximate surface area is 158 Å². The lowest BCUT2D eigenvalue weighted by molar-refractivity contribution is -0.143. The lowest BCUT2D eigenvalue weighted by Gasteiger charge is -2.30. The normalized spacial score (nSPS) is 21.9. The molecule has 0 unspecified atom stereocenters. The molecule has 3 rings (SSSR count). The average molecular weight is 398 g/mol. The van der Waals surface area contributed by atoms with E-state index in [0.29, 0.717) is 0 Å². The second-order valence-electron chi connectivity index (χ2n) is 5.78. The van der Waals surface area contributed by atoms with E-state index >= 15 is 0 Å². The monoisotopic (exact) mass is 397 g/mol. The fourth-order valence-electron chi connectivity index (χ4n) is 3.04. The van der Waals surface area contributed by atoms with Gasteiger partial charge in [0.1, 0.15) is 5.70 Å². The molecule has 0 radical (unpaired) electrons. The van der Waals surface area contributed by atoms with Crippen molar-refractivity contribution < 1.29 is 23.9 Å². The van der Waals surface area contributed by atoms with Crippen LogP contribution in [0.25, 0.3) is 0 Å². The summed E-state index contributed by atoms with van der Waals surface area (Å²) in [7, 11) is 1.16. The summed E-state index contributed by atoms with van der Waals surface area (Å²) < 4.78 is 4.62. The summed E-state index contributed by atoms with van der Waals surface area (Å²) in [6, 6.07) is 4.28. The van der Waals surface area contributed by atoms with Gasteiger partial charge in [-0.3, -0.25) is 19.8 Å². The third kappa shape index (κ3) is 2.71. The number of hydrogen-bond acceptors (Lipinski definition) is 6. The molecule has 2 aliphatic heterocycles. The first-order chi connectivity index (χ1) is 12.2. The molecule has 1 N–H and O–H groups in total. The molecule has 8 nitrogen and oxygen atoms in total. The molecular formula is C16H13Cl2N3O5. The highest BCUT2D eigenvalue weighted by Crippen LogP contribution is 2.39. The molecule has 3 amide bonds. The number of methoxy groups -OCH3 is 1. The summed E-state index contributed by atoms with van der Waals surface area (Å²) in [6.07, 6.45) is 0.885. The van der Waals surface area contributed by atoms with Gasteiger partial charge in [-0.15, -0.1) is 0 Å². The van der Waals surface area contributed by atoms with Crippen molar-refractivity contribution in [2.24, 2.45) is 0 Å². The molecule has 26 heavy (non-hydrogen) atoms. The van der Waals surface area contributed by atoms with Crippen molar-refractivity contribution in [2.75, 3.05) is 12.0 Å². The number of benzene rings is 1. The molecule has 0 saturated carbocycles. The molecule has 2 aliphatic rings. The van der Waals surface area contributed by atoms with Crippen molar-refractivity contribution in [3.63, 3.8) is 0 Å². The number of ether oxygens (including phenoxy) is 1. The lowest BCUT2D eigenvalue weighted by atomic mass is 9.96. The predicted octanol–water partition coefficient (Wildman–Crippen LogP) is 1.42. The Balaban J connectivity index is 2.09. The SMILES string of the molecule is COC(=O)C1=C[C@@]2(CC(=O)N(c3cc(Cl)cc(Cl)c3)C2=O)N(C(C)=O)N1. The van der Waals surface area contributed by atoms with Crippen LogP contribution in [0, 0.1) is 0 Å². The van der Waals surface area contributed by atoms with Crippen molar-refractivity contribution >= 4 is 52.6 Å². The first kappa shape index (κ1) is 18.2. The van der Waals surface area contributed by atoms with E-state index in [-0.39, 0.29) is 27.9 Å². The van der Waals surface area contributed by atoms with E-state index in [4.69, 9.17) is 23.2 Å². The Morgan fingerprint density at radius 3 is 2.35 bits per heavy atom. The van der Waals surface area contributed by atoms with Gasteiger partial charge in [0, 0.05) is 17.0 Å². The number of anilines is 1. The number of rotatable bonds is 2. The lowest BCUT2D eigenvalue weighted by Crippen LogP contribution is -2.56. The first-order valence-corrected chi connectivity index (χ1v) is 8.17. The van der Waals surface area contributed by atoms with Crippen molar-refractivity contribution in [3.8, 4) is 0 Å². The van der Waals surface area contributed by atoms with Gasteiger partial charge in [0.15, 0.2) is 5.54 Å². The fraction of sp³-hybridized carbons (Fsp3) is 0.250. The van der Waals surface area contributed by atoms with Crippen LogP contribution in [-0.2, 0) is 23.9 Å². The molecule has 1 atom stereocenters. The molecule has 2 heterocycles. The number of imide groups is 1. The maximum absolute atomic E-state index is 13.1. The van der Waals surface area contributed by atoms with Crippen LogP contribution in [0.1, 0.15) is 13.3 Å². The summed E-state index contributed by atoms with van der Waals surface area (Å²) in [5.41, 5.74) is 0.949. The van der Waals surface area contributed by atoms with Gasteiger partial charge < -0.3 is 4.74 Å². The molecular weight excluding hydrogens is 385 g/mol. The zero-order chi connectivity index (χ0) is 19.2. The minimum absolute atomic E-state index is 0.102. The van der Waals surface area contributed by atoms with Gasteiger partial charge >= 0.3 is 5.97 Å². The third-order valence-electron chi connectivity index (χ3n) is 4.08. The Hall–Kier alpha value is -2.58. The van der Waals surface area contributed by atoms with Gasteiger partial charge in [-0.2, -0.15) is 0 Å². The van der Waals surface area contributed by atoms with E-state index in [0.717, 1.165) is 17.0 Å². The Morgan fingerprint density at radius 1 is 1.19 bits per heavy atom. The van der Waals surface area contributed by atoms with E-state index in [1.165, 1.54) is 31.2 Å². The van der Waals surface area contributed by atoms with Crippen LogP contribution >= 0.6 is 23.2 Å². The summed E-state index contributed by atoms with van der Waals surface area (Å²) in [6.45, 7) is 1.21. The number of nitrogens with one attached hydrogen (secondary N) is 1. The smallest absolute Gasteiger partial charge is 0.355 e. The van der Waals surface area contributed by atoms with Crippen LogP contribution in [0.2, 0.25) is 10.0 Å². The maximum Gasteiger partial charge on any atom is 0.355 e. The van der Waals surface area contributed by atoms with E-state index in [1.54, 1.807) is 0 Å². The molecule has 1 fully saturated rings. The average Bonchev–Trinajstić information content (AvgIpc) is 3.04. The van der Waals surface area contributed by atoms with Crippen LogP contribution in [0.15, 0.2) is 30.0 Å². The highest BCUT2D eigenvalue weighted by Gasteiger charge is 2.59. The molecule has 0 aromatic heterocycles. The zero-order valence-corrected chi connectivity index (χ0v) is 15.2. The number of amides is 3. The van der Waals surface area contributed by atoms with Gasteiger partial charge in [0.2, 0.25) is 11.8 Å². The topological polar surface area (TPSA) is 96.0 Å². The van der Waals surface area contributed by atoms with Gasteiger partial charge in [-0.1, -0.05) is 23.2 Å². The number of nitrogens with zero attached hydrogens (tertiary/aromatic N) is 2. The summed E-state index contributed by atoms with van der Waals surface area (Å²) >= 11 is 11.9. The standard InChI is InChI=1S/C16H13Cl2N3O5/c1-8(22)21-16(6-12(19-21)14(24)26-2)7-13(23)20(15(16)25)11-4-9(17)3-10(18)5-11/h3-6,19H,7H2,1-2H3/t16-/m0/s1. The molecule has 1 aromatic carbocycles. The zero-order valence-electron chi connectivity index (χ0n) is 13.7. The van der Waals surface area contributed by atoms with Crippen LogP contribution in [0.4, 0.5) is 5.69 Å². The van der Waals surface area contributed by atoms with Crippen LogP contribution in [0.3, 0.4) is 0 Å². The summed E-state index contributed by atoms with van der Waals surface area (Å²) in [4.78, 5) is 50.4. The van der Waals surface area contributed by atoms with E-state index in [9.17, 15) is 19.2 Å². The van der Waals surface area contributed by atoms with Crippen LogP contribution in [-0.4, -0.2) is 41.3 Å². The Bertz CT molecular complexity index is 864. The molecule has 0 bridgehead atoms. The number of esters is 1. The van der Waals surface area contributed by atoms with Gasteiger partial charge in [-0.25, -0.2) is 14.7 Å². The maximum atomic E-state index is 13.1. The van der Waals surface area contributed by atoms with E-state index in [2.05, 4.69) is 10.2 Å². The van der Waals surface area contributed by atoms with E-state index in [1.807, 2.05) is 0 Å². The number of halogens is 2. The summed E-state index contributed by atoms with van der Waals surface area (Å²) in [5, 5.41) is 1.44. The Kier molecular flexibility index (Phi) is 4.41. The largest absolute Gasteiger partial charge is 0.464 e. The molecule has 1 spiro atoms. The molecule has 10 heteroatoms. The highest BCUT2D eigenvalue weighted by molar-refractivity contribution is 6.36. The van der Waals surface area contributed by atoms with Gasteiger partial charge in [0.05, 0.1) is 19.2 Å². The number of hydrazine groups is 1. The highest BCUT2D eigenvalue weighted by atomic mass is 35.5. The van der Waals surface area contributed by atoms with Crippen molar-refractivity contribution in [2.45, 2.75) is 18.9 Å². The third-order valence-corrected chi connectivity index (χ3v) is 4.52. The molecule has 1 saturated heterocycles. The minimum atomic E-state index is -1.67. The molecule has 136 valence electrons. The van der Waals surface area contributed by atoms with Crippen molar-refractivity contribution in [1.82, 2.24) is 10.4 Å². The van der Waals surface area contributed by atoms with Gasteiger partial charge in [-0.05, 0) is 24.3 Å². The van der Waals surface area contributed by atoms with Gasteiger partial charge in [0.25, 0.3) is 5.91 Å². The predicted molar refractivity (Wildman–Crippen MR) is 92.1 cm³/mol. The van der Waals surface area contributed by atoms with Crippen LogP contribution in [0.5, 0.6) is 0 Å². The van der Waals surface area contributed by atoms with E-state index < -0.39 is 29.2 Å². The fourth-order valence-corrected chi connectivity index (χ4v) is 3.55. The van der Waals surface area contributed by atoms with Crippen molar-refractivity contribution in [1.29, 1.82) is 0 Å². The van der Waals surface area contributed by atoms with Crippen molar-refractivity contribution in [3.05, 3.63) is 40.0 Å². The molecule has 1 aromatic rings.